The van der Waals surface area contributed by atoms with Crippen molar-refractivity contribution in [1.82, 2.24) is 0 Å². The highest BCUT2D eigenvalue weighted by Gasteiger charge is 1.99. The van der Waals surface area contributed by atoms with E-state index in [0.717, 1.165) is 0 Å². The highest BCUT2D eigenvalue weighted by Crippen LogP contribution is 1.98. The van der Waals surface area contributed by atoms with Gasteiger partial charge in [0, 0.05) is 7.05 Å². The summed E-state index contributed by atoms with van der Waals surface area (Å²) in [5.41, 5.74) is 5.59. The maximum Gasteiger partial charge on any atom is 0.168 e. The average Bonchev–Trinajstić information content (AvgIpc) is 2.56. The summed E-state index contributed by atoms with van der Waals surface area (Å²) in [7, 11) is 1.66. The van der Waals surface area contributed by atoms with Gasteiger partial charge in [0.05, 0.1) is 6.26 Å². The molecule has 0 unspecified atom stereocenters. The molecule has 4 nitrogen and oxygen atoms in total. The van der Waals surface area contributed by atoms with E-state index in [1.54, 1.807) is 32.4 Å². The number of hydrogen-bond acceptors (Lipinski definition) is 2. The van der Waals surface area contributed by atoms with E-state index in [-0.39, 0.29) is 0 Å². The Bertz CT molecular complexity index is 298. The zero-order chi connectivity index (χ0) is 8.97. The number of nitrogens with zero attached hydrogens (tertiary/aromatic N) is 2. The van der Waals surface area contributed by atoms with Crippen LogP contribution < -0.4 is 5.73 Å². The Balaban J connectivity index is 2.85. The smallest absolute Gasteiger partial charge is 0.168 e. The van der Waals surface area contributed by atoms with Crippen molar-refractivity contribution < 1.29 is 4.42 Å². The number of rotatable bonds is 1. The fourth-order valence-corrected chi connectivity index (χ4v) is 0.704. The molecule has 0 saturated carbocycles. The third kappa shape index (κ3) is 1.95. The van der Waals surface area contributed by atoms with Gasteiger partial charge in [-0.15, -0.1) is 0 Å². The lowest BCUT2D eigenvalue weighted by molar-refractivity contribution is 0.557. The quantitative estimate of drug-likeness (QED) is 0.499. The van der Waals surface area contributed by atoms with E-state index in [9.17, 15) is 0 Å². The molecule has 4 heteroatoms. The number of aliphatic imine (C=N–C) groups is 2. The Morgan fingerprint density at radius 3 is 2.83 bits per heavy atom. The maximum absolute atomic E-state index is 5.59. The summed E-state index contributed by atoms with van der Waals surface area (Å²) in [5, 5.41) is 0. The van der Waals surface area contributed by atoms with Crippen molar-refractivity contribution in [2.75, 3.05) is 7.05 Å². The van der Waals surface area contributed by atoms with Gasteiger partial charge in [-0.3, -0.25) is 4.99 Å². The molecule has 0 aliphatic carbocycles. The number of hydrogen-bond donors (Lipinski definition) is 1. The lowest BCUT2D eigenvalue weighted by Crippen LogP contribution is -2.13. The number of amidine groups is 2. The lowest BCUT2D eigenvalue weighted by Gasteiger charge is -1.94. The van der Waals surface area contributed by atoms with Crippen molar-refractivity contribution >= 4 is 11.7 Å². The molecule has 0 spiro atoms. The molecule has 64 valence electrons. The van der Waals surface area contributed by atoms with Crippen LogP contribution in [0.25, 0.3) is 0 Å². The summed E-state index contributed by atoms with van der Waals surface area (Å²) in [6.45, 7) is 1.77. The van der Waals surface area contributed by atoms with Crippen molar-refractivity contribution in [3.63, 3.8) is 0 Å². The van der Waals surface area contributed by atoms with Gasteiger partial charge in [-0.1, -0.05) is 0 Å². The van der Waals surface area contributed by atoms with E-state index in [0.29, 0.717) is 17.4 Å². The van der Waals surface area contributed by atoms with Crippen LogP contribution in [-0.2, 0) is 0 Å². The monoisotopic (exact) mass is 165 g/mol. The molecule has 0 amide bonds. The summed E-state index contributed by atoms with van der Waals surface area (Å²) in [6.07, 6.45) is 1.55. The summed E-state index contributed by atoms with van der Waals surface area (Å²) >= 11 is 0. The molecule has 0 radical (unpaired) electrons. The van der Waals surface area contributed by atoms with Crippen LogP contribution in [-0.4, -0.2) is 18.7 Å². The fourth-order valence-electron chi connectivity index (χ4n) is 0.704. The lowest BCUT2D eigenvalue weighted by atomic mass is 10.4. The Morgan fingerprint density at radius 2 is 2.33 bits per heavy atom. The molecule has 1 aromatic rings. The molecule has 0 saturated heterocycles. The number of furan rings is 1. The van der Waals surface area contributed by atoms with Crippen molar-refractivity contribution in [2.24, 2.45) is 15.7 Å². The van der Waals surface area contributed by atoms with Crippen LogP contribution in [0.2, 0.25) is 0 Å². The Labute approximate surface area is 70.8 Å². The molecule has 0 atom stereocenters. The molecule has 2 N–H and O–H groups in total. The van der Waals surface area contributed by atoms with Crippen LogP contribution in [0.5, 0.6) is 0 Å². The zero-order valence-corrected chi connectivity index (χ0v) is 7.11. The SMILES string of the molecule is CN=C(C)N=C(N)c1ccco1. The molecular weight excluding hydrogens is 154 g/mol. The van der Waals surface area contributed by atoms with Gasteiger partial charge in [-0.05, 0) is 19.1 Å². The van der Waals surface area contributed by atoms with E-state index in [4.69, 9.17) is 10.2 Å². The van der Waals surface area contributed by atoms with Crippen LogP contribution in [0.1, 0.15) is 12.7 Å². The molecule has 1 heterocycles. The third-order valence-corrected chi connectivity index (χ3v) is 1.38. The van der Waals surface area contributed by atoms with Crippen LogP contribution >= 0.6 is 0 Å². The zero-order valence-electron chi connectivity index (χ0n) is 7.11. The fraction of sp³-hybridized carbons (Fsp3) is 0.250. The minimum absolute atomic E-state index is 0.350. The highest BCUT2D eigenvalue weighted by atomic mass is 16.3. The predicted octanol–water partition coefficient (Wildman–Crippen LogP) is 1.03. The summed E-state index contributed by atoms with van der Waals surface area (Å²) in [4.78, 5) is 7.83. The van der Waals surface area contributed by atoms with Crippen molar-refractivity contribution in [3.05, 3.63) is 24.2 Å². The van der Waals surface area contributed by atoms with Crippen molar-refractivity contribution in [1.29, 1.82) is 0 Å². The topological polar surface area (TPSA) is 63.9 Å². The normalized spacial score (nSPS) is 13.5. The summed E-state index contributed by atoms with van der Waals surface area (Å²) < 4.78 is 5.03. The van der Waals surface area contributed by atoms with E-state index in [2.05, 4.69) is 9.98 Å². The summed E-state index contributed by atoms with van der Waals surface area (Å²) in [5.74, 6) is 1.55. The third-order valence-electron chi connectivity index (χ3n) is 1.38. The average molecular weight is 165 g/mol. The Hall–Kier alpha value is -1.58. The second kappa shape index (κ2) is 3.71. The van der Waals surface area contributed by atoms with Crippen molar-refractivity contribution in [2.45, 2.75) is 6.92 Å². The molecule has 1 aromatic heterocycles. The summed E-state index contributed by atoms with van der Waals surface area (Å²) in [6, 6.07) is 3.51. The maximum atomic E-state index is 5.59. The van der Waals surface area contributed by atoms with Crippen LogP contribution in [0.3, 0.4) is 0 Å². The molecule has 12 heavy (non-hydrogen) atoms. The Morgan fingerprint density at radius 1 is 1.58 bits per heavy atom. The first-order valence-electron chi connectivity index (χ1n) is 3.55. The van der Waals surface area contributed by atoms with Gasteiger partial charge in [-0.2, -0.15) is 0 Å². The first-order chi connectivity index (χ1) is 5.74. The van der Waals surface area contributed by atoms with Gasteiger partial charge in [-0.25, -0.2) is 4.99 Å². The molecule has 0 aliphatic heterocycles. The minimum Gasteiger partial charge on any atom is -0.461 e. The minimum atomic E-state index is 0.350. The second-order valence-corrected chi connectivity index (χ2v) is 2.25. The van der Waals surface area contributed by atoms with Crippen molar-refractivity contribution in [3.8, 4) is 0 Å². The van der Waals surface area contributed by atoms with Gasteiger partial charge < -0.3 is 10.2 Å². The van der Waals surface area contributed by atoms with E-state index in [1.165, 1.54) is 0 Å². The standard InChI is InChI=1S/C8H11N3O/c1-6(10-2)11-8(9)7-4-3-5-12-7/h3-5H,1-2H3,(H2,9,10,11). The second-order valence-electron chi connectivity index (χ2n) is 2.25. The number of nitrogens with two attached hydrogens (primary N) is 1. The molecular formula is C8H11N3O. The van der Waals surface area contributed by atoms with E-state index in [1.807, 2.05) is 0 Å². The molecule has 0 aromatic carbocycles. The van der Waals surface area contributed by atoms with Crippen LogP contribution in [0, 0.1) is 0 Å². The van der Waals surface area contributed by atoms with Gasteiger partial charge in [0.2, 0.25) is 0 Å². The first kappa shape index (κ1) is 8.52. The largest absolute Gasteiger partial charge is 0.461 e. The highest BCUT2D eigenvalue weighted by molar-refractivity contribution is 6.03. The van der Waals surface area contributed by atoms with Gasteiger partial charge in [0.25, 0.3) is 0 Å². The first-order valence-corrected chi connectivity index (χ1v) is 3.55. The molecule has 0 fully saturated rings. The van der Waals surface area contributed by atoms with E-state index < -0.39 is 0 Å². The molecule has 1 rings (SSSR count). The molecule has 0 bridgehead atoms. The van der Waals surface area contributed by atoms with Gasteiger partial charge in [0.15, 0.2) is 11.6 Å². The van der Waals surface area contributed by atoms with Gasteiger partial charge >= 0.3 is 0 Å². The van der Waals surface area contributed by atoms with Crippen LogP contribution in [0.15, 0.2) is 32.8 Å². The van der Waals surface area contributed by atoms with E-state index >= 15 is 0 Å². The van der Waals surface area contributed by atoms with Gasteiger partial charge in [0.1, 0.15) is 5.84 Å². The predicted molar refractivity (Wildman–Crippen MR) is 48.5 cm³/mol. The van der Waals surface area contributed by atoms with Crippen LogP contribution in [0.4, 0.5) is 0 Å². The Kier molecular flexibility index (Phi) is 2.63. The molecule has 0 aliphatic rings.